The lowest BCUT2D eigenvalue weighted by Gasteiger charge is -2.40. The van der Waals surface area contributed by atoms with Crippen LogP contribution < -0.4 is 5.32 Å². The highest BCUT2D eigenvalue weighted by molar-refractivity contribution is 9.10. The van der Waals surface area contributed by atoms with Crippen molar-refractivity contribution in [1.29, 1.82) is 0 Å². The molecule has 4 nitrogen and oxygen atoms in total. The van der Waals surface area contributed by atoms with E-state index in [1.807, 2.05) is 0 Å². The van der Waals surface area contributed by atoms with Gasteiger partial charge in [0.15, 0.2) is 0 Å². The van der Waals surface area contributed by atoms with Gasteiger partial charge in [-0.05, 0) is 48.0 Å². The van der Waals surface area contributed by atoms with Crippen LogP contribution in [0.3, 0.4) is 0 Å². The monoisotopic (exact) mass is 358 g/mol. The molecule has 0 bridgehead atoms. The highest BCUT2D eigenvalue weighted by Crippen LogP contribution is 2.19. The quantitative estimate of drug-likeness (QED) is 0.898. The third kappa shape index (κ3) is 4.25. The molecule has 1 aromatic rings. The van der Waals surface area contributed by atoms with Crippen molar-refractivity contribution < 1.29 is 13.9 Å². The van der Waals surface area contributed by atoms with Gasteiger partial charge >= 0.3 is 0 Å². The van der Waals surface area contributed by atoms with Gasteiger partial charge < -0.3 is 10.1 Å². The molecular weight excluding hydrogens is 339 g/mol. The topological polar surface area (TPSA) is 41.6 Å². The van der Waals surface area contributed by atoms with Gasteiger partial charge in [-0.3, -0.25) is 9.69 Å². The first kappa shape index (κ1) is 16.4. The molecule has 0 atom stereocenters. The van der Waals surface area contributed by atoms with E-state index in [4.69, 9.17) is 4.74 Å². The van der Waals surface area contributed by atoms with E-state index in [2.05, 4.69) is 40.0 Å². The molecule has 1 aliphatic heterocycles. The molecule has 1 N–H and O–H groups in total. The summed E-state index contributed by atoms with van der Waals surface area (Å²) < 4.78 is 18.9. The third-order valence-corrected chi connectivity index (χ3v) is 4.38. The van der Waals surface area contributed by atoms with Crippen molar-refractivity contribution in [2.24, 2.45) is 0 Å². The molecule has 0 aliphatic carbocycles. The molecule has 0 radical (unpaired) electrons. The zero-order valence-electron chi connectivity index (χ0n) is 12.3. The van der Waals surface area contributed by atoms with E-state index in [0.29, 0.717) is 16.6 Å². The van der Waals surface area contributed by atoms with E-state index >= 15 is 0 Å². The number of morpholine rings is 1. The van der Waals surface area contributed by atoms with E-state index in [1.165, 1.54) is 18.2 Å². The SMILES string of the molecule is CC(C)(CNC(=O)c1ccc(F)cc1Br)N1CCOCC1. The van der Waals surface area contributed by atoms with Gasteiger partial charge in [-0.1, -0.05) is 0 Å². The predicted octanol–water partition coefficient (Wildman–Crippen LogP) is 2.43. The molecule has 0 saturated carbocycles. The average Bonchev–Trinajstić information content (AvgIpc) is 2.46. The highest BCUT2D eigenvalue weighted by atomic mass is 79.9. The lowest BCUT2D eigenvalue weighted by molar-refractivity contribution is -0.00923. The smallest absolute Gasteiger partial charge is 0.252 e. The second-order valence-electron chi connectivity index (χ2n) is 5.72. The Bertz CT molecular complexity index is 516. The molecule has 0 aromatic heterocycles. The van der Waals surface area contributed by atoms with Crippen molar-refractivity contribution in [2.75, 3.05) is 32.8 Å². The zero-order chi connectivity index (χ0) is 15.5. The number of halogens is 2. The minimum Gasteiger partial charge on any atom is -0.379 e. The summed E-state index contributed by atoms with van der Waals surface area (Å²) in [6.45, 7) is 7.89. The zero-order valence-corrected chi connectivity index (χ0v) is 13.9. The van der Waals surface area contributed by atoms with Crippen LogP contribution in [0.25, 0.3) is 0 Å². The van der Waals surface area contributed by atoms with Gasteiger partial charge in [0.25, 0.3) is 5.91 Å². The first-order valence-electron chi connectivity index (χ1n) is 6.96. The molecule has 2 rings (SSSR count). The van der Waals surface area contributed by atoms with Crippen LogP contribution in [0.2, 0.25) is 0 Å². The van der Waals surface area contributed by atoms with Crippen LogP contribution in [0.4, 0.5) is 4.39 Å². The number of carbonyl (C=O) groups excluding carboxylic acids is 1. The Morgan fingerprint density at radius 2 is 2.10 bits per heavy atom. The Balaban J connectivity index is 1.96. The summed E-state index contributed by atoms with van der Waals surface area (Å²) in [5, 5.41) is 2.92. The molecular formula is C15H20BrFN2O2. The maximum absolute atomic E-state index is 13.0. The average molecular weight is 359 g/mol. The molecule has 0 spiro atoms. The first-order chi connectivity index (χ1) is 9.90. The van der Waals surface area contributed by atoms with E-state index < -0.39 is 0 Å². The number of nitrogens with one attached hydrogen (secondary N) is 1. The van der Waals surface area contributed by atoms with Gasteiger partial charge in [0.2, 0.25) is 0 Å². The minimum absolute atomic E-state index is 0.147. The van der Waals surface area contributed by atoms with E-state index in [9.17, 15) is 9.18 Å². The Hall–Kier alpha value is -0.980. The molecule has 1 aromatic carbocycles. The third-order valence-electron chi connectivity index (χ3n) is 3.72. The molecule has 0 unspecified atom stereocenters. The summed E-state index contributed by atoms with van der Waals surface area (Å²) in [4.78, 5) is 14.5. The van der Waals surface area contributed by atoms with Crippen LogP contribution in [0.5, 0.6) is 0 Å². The lowest BCUT2D eigenvalue weighted by atomic mass is 10.0. The highest BCUT2D eigenvalue weighted by Gasteiger charge is 2.28. The molecule has 1 amide bonds. The van der Waals surface area contributed by atoms with Crippen LogP contribution in [0.1, 0.15) is 24.2 Å². The summed E-state index contributed by atoms with van der Waals surface area (Å²) >= 11 is 3.22. The van der Waals surface area contributed by atoms with Gasteiger partial charge in [0.05, 0.1) is 18.8 Å². The minimum atomic E-state index is -0.368. The number of hydrogen-bond acceptors (Lipinski definition) is 3. The number of benzene rings is 1. The number of carbonyl (C=O) groups is 1. The van der Waals surface area contributed by atoms with Crippen molar-refractivity contribution in [3.05, 3.63) is 34.1 Å². The maximum atomic E-state index is 13.0. The first-order valence-corrected chi connectivity index (χ1v) is 7.75. The van der Waals surface area contributed by atoms with Gasteiger partial charge in [0, 0.05) is 29.6 Å². The van der Waals surface area contributed by atoms with Crippen molar-refractivity contribution in [1.82, 2.24) is 10.2 Å². The molecule has 1 aliphatic rings. The summed E-state index contributed by atoms with van der Waals surface area (Å²) in [7, 11) is 0. The normalized spacial score (nSPS) is 16.8. The number of ether oxygens (including phenoxy) is 1. The lowest BCUT2D eigenvalue weighted by Crippen LogP contribution is -2.55. The van der Waals surface area contributed by atoms with Crippen LogP contribution >= 0.6 is 15.9 Å². The molecule has 1 saturated heterocycles. The predicted molar refractivity (Wildman–Crippen MR) is 82.9 cm³/mol. The van der Waals surface area contributed by atoms with Crippen LogP contribution in [0.15, 0.2) is 22.7 Å². The van der Waals surface area contributed by atoms with Gasteiger partial charge in [-0.25, -0.2) is 4.39 Å². The van der Waals surface area contributed by atoms with E-state index in [1.54, 1.807) is 0 Å². The fraction of sp³-hybridized carbons (Fsp3) is 0.533. The van der Waals surface area contributed by atoms with Crippen LogP contribution in [-0.2, 0) is 4.74 Å². The van der Waals surface area contributed by atoms with Gasteiger partial charge in [-0.15, -0.1) is 0 Å². The summed E-state index contributed by atoms with van der Waals surface area (Å²) in [5.74, 6) is -0.574. The molecule has 1 fully saturated rings. The van der Waals surface area contributed by atoms with Gasteiger partial charge in [0.1, 0.15) is 5.82 Å². The van der Waals surface area contributed by atoms with Gasteiger partial charge in [-0.2, -0.15) is 0 Å². The van der Waals surface area contributed by atoms with Crippen molar-refractivity contribution in [3.63, 3.8) is 0 Å². The summed E-state index contributed by atoms with van der Waals surface area (Å²) in [6.07, 6.45) is 0. The summed E-state index contributed by atoms with van der Waals surface area (Å²) in [5.41, 5.74) is 0.292. The number of nitrogens with zero attached hydrogens (tertiary/aromatic N) is 1. The second-order valence-corrected chi connectivity index (χ2v) is 6.57. The standard InChI is InChI=1S/C15H20BrFN2O2/c1-15(2,19-5-7-21-8-6-19)10-18-14(20)12-4-3-11(17)9-13(12)16/h3-4,9H,5-8,10H2,1-2H3,(H,18,20). The maximum Gasteiger partial charge on any atom is 0.252 e. The van der Waals surface area contributed by atoms with Crippen molar-refractivity contribution in [2.45, 2.75) is 19.4 Å². The molecule has 21 heavy (non-hydrogen) atoms. The van der Waals surface area contributed by atoms with E-state index in [-0.39, 0.29) is 17.3 Å². The van der Waals surface area contributed by atoms with Crippen molar-refractivity contribution in [3.8, 4) is 0 Å². The Morgan fingerprint density at radius 3 is 2.71 bits per heavy atom. The fourth-order valence-electron chi connectivity index (χ4n) is 2.35. The van der Waals surface area contributed by atoms with Crippen LogP contribution in [0, 0.1) is 5.82 Å². The number of hydrogen-bond donors (Lipinski definition) is 1. The largest absolute Gasteiger partial charge is 0.379 e. The molecule has 116 valence electrons. The Kier molecular flexibility index (Phi) is 5.35. The van der Waals surface area contributed by atoms with Crippen molar-refractivity contribution >= 4 is 21.8 Å². The second kappa shape index (κ2) is 6.85. The number of amides is 1. The molecule has 6 heteroatoms. The van der Waals surface area contributed by atoms with Crippen LogP contribution in [-0.4, -0.2) is 49.2 Å². The Morgan fingerprint density at radius 1 is 1.43 bits per heavy atom. The molecule has 1 heterocycles. The fourth-order valence-corrected chi connectivity index (χ4v) is 2.88. The number of rotatable bonds is 4. The van der Waals surface area contributed by atoms with E-state index in [0.717, 1.165) is 26.3 Å². The summed E-state index contributed by atoms with van der Waals surface area (Å²) in [6, 6.07) is 4.06. The Labute approximate surface area is 132 Å².